The fourth-order valence-corrected chi connectivity index (χ4v) is 2.11. The third-order valence-corrected chi connectivity index (χ3v) is 2.26. The molecule has 1 aliphatic heterocycles. The number of nitrogens with zero attached hydrogens (tertiary/aromatic N) is 1. The molecule has 1 saturated heterocycles. The van der Waals surface area contributed by atoms with E-state index in [1.54, 1.807) is 0 Å². The Morgan fingerprint density at radius 3 is 2.17 bits per heavy atom. The van der Waals surface area contributed by atoms with Crippen molar-refractivity contribution in [3.05, 3.63) is 0 Å². The van der Waals surface area contributed by atoms with E-state index >= 15 is 0 Å². The minimum atomic E-state index is 0.660. The van der Waals surface area contributed by atoms with Crippen molar-refractivity contribution >= 4 is 0 Å². The van der Waals surface area contributed by atoms with Gasteiger partial charge in [0.1, 0.15) is 0 Å². The van der Waals surface area contributed by atoms with Crippen LogP contribution in [0.15, 0.2) is 0 Å². The first-order chi connectivity index (χ1) is 5.58. The largest absolute Gasteiger partial charge is 0.309 e. The maximum absolute atomic E-state index is 3.54. The van der Waals surface area contributed by atoms with E-state index < -0.39 is 0 Å². The number of piperazine rings is 1. The highest BCUT2D eigenvalue weighted by molar-refractivity contribution is 4.80. The molecule has 0 aromatic carbocycles. The van der Waals surface area contributed by atoms with E-state index in [1.807, 2.05) is 0 Å². The van der Waals surface area contributed by atoms with Gasteiger partial charge in [-0.3, -0.25) is 0 Å². The van der Waals surface area contributed by atoms with E-state index in [9.17, 15) is 0 Å². The lowest BCUT2D eigenvalue weighted by atomic mass is 10.1. The van der Waals surface area contributed by atoms with Crippen molar-refractivity contribution in [2.75, 3.05) is 19.6 Å². The van der Waals surface area contributed by atoms with Crippen LogP contribution >= 0.6 is 0 Å². The lowest BCUT2D eigenvalue weighted by Gasteiger charge is -2.36. The van der Waals surface area contributed by atoms with Gasteiger partial charge in [-0.2, -0.15) is 0 Å². The molecule has 0 spiro atoms. The van der Waals surface area contributed by atoms with E-state index in [1.165, 1.54) is 19.6 Å². The van der Waals surface area contributed by atoms with Crippen molar-refractivity contribution in [1.82, 2.24) is 10.2 Å². The van der Waals surface area contributed by atoms with Gasteiger partial charge in [0.25, 0.3) is 0 Å². The quantitative estimate of drug-likeness (QED) is 0.672. The molecule has 1 aliphatic rings. The highest BCUT2D eigenvalue weighted by Crippen LogP contribution is 2.06. The Morgan fingerprint density at radius 2 is 1.75 bits per heavy atom. The third kappa shape index (κ3) is 3.11. The molecular formula is C10H22N2. The van der Waals surface area contributed by atoms with Gasteiger partial charge in [-0.15, -0.1) is 0 Å². The van der Waals surface area contributed by atoms with Crippen molar-refractivity contribution in [3.8, 4) is 0 Å². The van der Waals surface area contributed by atoms with E-state index in [4.69, 9.17) is 0 Å². The molecule has 72 valence electrons. The summed E-state index contributed by atoms with van der Waals surface area (Å²) in [6.45, 7) is 12.8. The van der Waals surface area contributed by atoms with E-state index in [0.29, 0.717) is 12.1 Å². The molecule has 2 atom stereocenters. The average Bonchev–Trinajstić information content (AvgIpc) is 1.81. The maximum atomic E-state index is 3.54. The smallest absolute Gasteiger partial charge is 0.0169 e. The van der Waals surface area contributed by atoms with Gasteiger partial charge in [-0.05, 0) is 19.8 Å². The van der Waals surface area contributed by atoms with Crippen LogP contribution in [0.4, 0.5) is 0 Å². The van der Waals surface area contributed by atoms with Gasteiger partial charge in [0.05, 0.1) is 0 Å². The average molecular weight is 170 g/mol. The van der Waals surface area contributed by atoms with E-state index in [2.05, 4.69) is 37.9 Å². The summed E-state index contributed by atoms with van der Waals surface area (Å²) in [6, 6.07) is 1.32. The topological polar surface area (TPSA) is 15.3 Å². The Morgan fingerprint density at radius 1 is 1.25 bits per heavy atom. The van der Waals surface area contributed by atoms with E-state index in [-0.39, 0.29) is 0 Å². The molecule has 0 aromatic heterocycles. The fraction of sp³-hybridized carbons (Fsp3) is 1.00. The SMILES string of the molecule is CC(C)CN1CC(C)NC(C)C1. The van der Waals surface area contributed by atoms with Crippen LogP contribution in [-0.2, 0) is 0 Å². The second-order valence-electron chi connectivity index (χ2n) is 4.58. The molecule has 0 bridgehead atoms. The van der Waals surface area contributed by atoms with Gasteiger partial charge in [-0.25, -0.2) is 0 Å². The molecule has 1 N–H and O–H groups in total. The summed E-state index contributed by atoms with van der Waals surface area (Å²) in [5.74, 6) is 0.794. The summed E-state index contributed by atoms with van der Waals surface area (Å²) in [6.07, 6.45) is 0. The van der Waals surface area contributed by atoms with Crippen LogP contribution < -0.4 is 5.32 Å². The summed E-state index contributed by atoms with van der Waals surface area (Å²) in [5, 5.41) is 3.54. The van der Waals surface area contributed by atoms with Gasteiger partial charge in [0.2, 0.25) is 0 Å². The number of rotatable bonds is 2. The second kappa shape index (κ2) is 4.24. The maximum Gasteiger partial charge on any atom is 0.0169 e. The van der Waals surface area contributed by atoms with Crippen LogP contribution in [0.5, 0.6) is 0 Å². The first-order valence-corrected chi connectivity index (χ1v) is 5.06. The molecule has 0 aliphatic carbocycles. The van der Waals surface area contributed by atoms with Crippen LogP contribution in [0, 0.1) is 5.92 Å². The second-order valence-corrected chi connectivity index (χ2v) is 4.58. The zero-order chi connectivity index (χ0) is 9.14. The molecule has 0 saturated carbocycles. The summed E-state index contributed by atoms with van der Waals surface area (Å²) in [7, 11) is 0. The Kier molecular flexibility index (Phi) is 3.53. The Balaban J connectivity index is 2.34. The Hall–Kier alpha value is -0.0800. The Bertz CT molecular complexity index is 121. The lowest BCUT2D eigenvalue weighted by molar-refractivity contribution is 0.158. The van der Waals surface area contributed by atoms with Gasteiger partial charge in [0.15, 0.2) is 0 Å². The highest BCUT2D eigenvalue weighted by Gasteiger charge is 2.20. The van der Waals surface area contributed by atoms with Crippen molar-refractivity contribution in [2.24, 2.45) is 5.92 Å². The molecule has 0 radical (unpaired) electrons. The molecule has 2 unspecified atom stereocenters. The van der Waals surface area contributed by atoms with E-state index in [0.717, 1.165) is 5.92 Å². The van der Waals surface area contributed by atoms with Crippen LogP contribution in [0.3, 0.4) is 0 Å². The molecule has 12 heavy (non-hydrogen) atoms. The van der Waals surface area contributed by atoms with Crippen LogP contribution in [0.2, 0.25) is 0 Å². The first kappa shape index (κ1) is 10.0. The number of hydrogen-bond acceptors (Lipinski definition) is 2. The molecule has 1 heterocycles. The minimum Gasteiger partial charge on any atom is -0.309 e. The molecule has 1 rings (SSSR count). The zero-order valence-electron chi connectivity index (χ0n) is 8.80. The van der Waals surface area contributed by atoms with Crippen molar-refractivity contribution in [3.63, 3.8) is 0 Å². The van der Waals surface area contributed by atoms with Gasteiger partial charge >= 0.3 is 0 Å². The van der Waals surface area contributed by atoms with Crippen molar-refractivity contribution in [2.45, 2.75) is 39.8 Å². The number of hydrogen-bond donors (Lipinski definition) is 1. The van der Waals surface area contributed by atoms with Crippen molar-refractivity contribution in [1.29, 1.82) is 0 Å². The summed E-state index contributed by atoms with van der Waals surface area (Å²) < 4.78 is 0. The molecule has 2 nitrogen and oxygen atoms in total. The highest BCUT2D eigenvalue weighted by atomic mass is 15.2. The fourth-order valence-electron chi connectivity index (χ4n) is 2.11. The minimum absolute atomic E-state index is 0.660. The predicted molar refractivity (Wildman–Crippen MR) is 53.3 cm³/mol. The molecular weight excluding hydrogens is 148 g/mol. The van der Waals surface area contributed by atoms with Gasteiger partial charge in [0, 0.05) is 31.7 Å². The molecule has 0 aromatic rings. The predicted octanol–water partition coefficient (Wildman–Crippen LogP) is 1.32. The monoisotopic (exact) mass is 170 g/mol. The normalized spacial score (nSPS) is 32.8. The molecule has 2 heteroatoms. The zero-order valence-corrected chi connectivity index (χ0v) is 8.80. The van der Waals surface area contributed by atoms with Crippen LogP contribution in [0.25, 0.3) is 0 Å². The van der Waals surface area contributed by atoms with Crippen LogP contribution in [-0.4, -0.2) is 36.6 Å². The Labute approximate surface area is 76.3 Å². The number of nitrogens with one attached hydrogen (secondary N) is 1. The first-order valence-electron chi connectivity index (χ1n) is 5.06. The molecule has 1 fully saturated rings. The van der Waals surface area contributed by atoms with Crippen molar-refractivity contribution < 1.29 is 0 Å². The van der Waals surface area contributed by atoms with Crippen LogP contribution in [0.1, 0.15) is 27.7 Å². The summed E-state index contributed by atoms with van der Waals surface area (Å²) >= 11 is 0. The van der Waals surface area contributed by atoms with Gasteiger partial charge < -0.3 is 10.2 Å². The summed E-state index contributed by atoms with van der Waals surface area (Å²) in [4.78, 5) is 2.57. The molecule has 0 amide bonds. The summed E-state index contributed by atoms with van der Waals surface area (Å²) in [5.41, 5.74) is 0. The lowest BCUT2D eigenvalue weighted by Crippen LogP contribution is -2.54. The van der Waals surface area contributed by atoms with Gasteiger partial charge in [-0.1, -0.05) is 13.8 Å². The third-order valence-electron chi connectivity index (χ3n) is 2.26. The standard InChI is InChI=1S/C10H22N2/c1-8(2)5-12-6-9(3)11-10(4)7-12/h8-11H,5-7H2,1-4H3.